The van der Waals surface area contributed by atoms with Gasteiger partial charge < -0.3 is 10.1 Å². The summed E-state index contributed by atoms with van der Waals surface area (Å²) in [5, 5.41) is 3.25. The zero-order chi connectivity index (χ0) is 31.8. The van der Waals surface area contributed by atoms with Crippen molar-refractivity contribution in [2.75, 3.05) is 27.7 Å². The fraction of sp³-hybridized carbons (Fsp3) is 0.576. The summed E-state index contributed by atoms with van der Waals surface area (Å²) in [6.45, 7) is 5.26. The van der Waals surface area contributed by atoms with E-state index >= 15 is 4.39 Å². The fourth-order valence-corrected chi connectivity index (χ4v) is 7.36. The molecule has 3 aliphatic rings. The number of nitrogens with one attached hydrogen (secondary N) is 2. The van der Waals surface area contributed by atoms with E-state index in [0.717, 1.165) is 54.9 Å². The van der Waals surface area contributed by atoms with Crippen LogP contribution in [0.5, 0.6) is 5.75 Å². The van der Waals surface area contributed by atoms with E-state index in [-0.39, 0.29) is 47.7 Å². The Hall–Kier alpha value is -3.02. The molecule has 1 heterocycles. The predicted molar refractivity (Wildman–Crippen MR) is 168 cm³/mol. The van der Waals surface area contributed by atoms with E-state index < -0.39 is 16.1 Å². The number of nitrogens with zero attached hydrogens (tertiary/aromatic N) is 2. The van der Waals surface area contributed by atoms with E-state index in [9.17, 15) is 18.0 Å². The third kappa shape index (κ3) is 7.26. The number of hydrogen-bond acceptors (Lipinski definition) is 6. The highest BCUT2D eigenvalue weighted by atomic mass is 32.2. The number of hydrogen-bond donors (Lipinski definition) is 2. The third-order valence-corrected chi connectivity index (χ3v) is 10.7. The summed E-state index contributed by atoms with van der Waals surface area (Å²) in [6, 6.07) is 10.3. The van der Waals surface area contributed by atoms with E-state index in [4.69, 9.17) is 4.74 Å². The van der Waals surface area contributed by atoms with Gasteiger partial charge in [-0.1, -0.05) is 38.5 Å². The summed E-state index contributed by atoms with van der Waals surface area (Å²) >= 11 is 0. The topological polar surface area (TPSA) is 108 Å². The minimum atomic E-state index is -3.92. The maximum atomic E-state index is 15.3. The summed E-state index contributed by atoms with van der Waals surface area (Å²) in [4.78, 5) is 27.9. The van der Waals surface area contributed by atoms with Crippen LogP contribution in [0.25, 0.3) is 11.1 Å². The van der Waals surface area contributed by atoms with E-state index in [1.54, 1.807) is 24.3 Å². The molecule has 2 amide bonds. The van der Waals surface area contributed by atoms with Crippen molar-refractivity contribution in [2.24, 2.45) is 5.41 Å². The summed E-state index contributed by atoms with van der Waals surface area (Å²) in [5.41, 5.74) is 2.75. The molecule has 0 aromatic heterocycles. The van der Waals surface area contributed by atoms with Crippen LogP contribution in [0.4, 0.5) is 4.39 Å². The molecule has 1 saturated heterocycles. The van der Waals surface area contributed by atoms with Crippen molar-refractivity contribution in [3.63, 3.8) is 0 Å². The maximum Gasteiger partial charge on any atom is 0.303 e. The number of rotatable bonds is 10. The molecule has 2 aromatic rings. The Kier molecular flexibility index (Phi) is 9.39. The summed E-state index contributed by atoms with van der Waals surface area (Å²) < 4.78 is 49.2. The number of likely N-dealkylation sites (tertiary alicyclic amines) is 1. The van der Waals surface area contributed by atoms with Crippen molar-refractivity contribution in [1.82, 2.24) is 19.2 Å². The quantitative estimate of drug-likeness (QED) is 0.405. The molecule has 0 unspecified atom stereocenters. The van der Waals surface area contributed by atoms with Crippen molar-refractivity contribution in [3.8, 4) is 16.9 Å². The lowest BCUT2D eigenvalue weighted by Crippen LogP contribution is -2.45. The zero-order valence-electron chi connectivity index (χ0n) is 26.4. The second-order valence-corrected chi connectivity index (χ2v) is 15.6. The average Bonchev–Trinajstić information content (AvgIpc) is 3.46. The second kappa shape index (κ2) is 12.8. The molecule has 1 aliphatic heterocycles. The van der Waals surface area contributed by atoms with Gasteiger partial charge in [0.05, 0.1) is 12.5 Å². The molecule has 0 radical (unpaired) electrons. The van der Waals surface area contributed by atoms with E-state index in [1.807, 2.05) is 13.1 Å². The van der Waals surface area contributed by atoms with Crippen molar-refractivity contribution in [3.05, 3.63) is 53.3 Å². The highest BCUT2D eigenvalue weighted by molar-refractivity contribution is 7.87. The monoisotopic (exact) mass is 628 g/mol. The first-order valence-electron chi connectivity index (χ1n) is 15.5. The molecule has 11 heteroatoms. The molecule has 2 aromatic carbocycles. The van der Waals surface area contributed by atoms with Gasteiger partial charge in [0.1, 0.15) is 17.7 Å². The number of carbonyl (C=O) groups is 2. The predicted octanol–water partition coefficient (Wildman–Crippen LogP) is 4.37. The van der Waals surface area contributed by atoms with Gasteiger partial charge in [0, 0.05) is 38.7 Å². The van der Waals surface area contributed by atoms with Crippen LogP contribution in [0.2, 0.25) is 0 Å². The summed E-state index contributed by atoms with van der Waals surface area (Å²) in [6.07, 6.45) is 5.61. The van der Waals surface area contributed by atoms with Gasteiger partial charge in [0.2, 0.25) is 11.8 Å². The van der Waals surface area contributed by atoms with Gasteiger partial charge in [-0.25, -0.2) is 9.11 Å². The third-order valence-electron chi connectivity index (χ3n) is 9.27. The molecule has 240 valence electrons. The lowest BCUT2D eigenvalue weighted by atomic mass is 9.76. The van der Waals surface area contributed by atoms with Gasteiger partial charge in [0.25, 0.3) is 0 Å². The van der Waals surface area contributed by atoms with Crippen LogP contribution < -0.4 is 14.8 Å². The average molecular weight is 629 g/mol. The van der Waals surface area contributed by atoms with Crippen LogP contribution in [0.1, 0.15) is 75.8 Å². The number of benzene rings is 2. The molecule has 5 rings (SSSR count). The Morgan fingerprint density at radius 3 is 2.48 bits per heavy atom. The second-order valence-electron chi connectivity index (χ2n) is 13.7. The first-order chi connectivity index (χ1) is 20.7. The van der Waals surface area contributed by atoms with Crippen molar-refractivity contribution < 1.29 is 27.1 Å². The molecule has 0 bridgehead atoms. The first-order valence-corrected chi connectivity index (χ1v) is 17.0. The van der Waals surface area contributed by atoms with Crippen LogP contribution in [0.15, 0.2) is 36.4 Å². The molecular weight excluding hydrogens is 583 g/mol. The molecule has 0 spiro atoms. The molecular formula is C33H45FN4O5S. The lowest BCUT2D eigenvalue weighted by molar-refractivity contribution is -0.125. The highest BCUT2D eigenvalue weighted by Crippen LogP contribution is 2.45. The van der Waals surface area contributed by atoms with Crippen LogP contribution in [-0.2, 0) is 26.2 Å². The van der Waals surface area contributed by atoms with E-state index in [1.165, 1.54) is 20.2 Å². The van der Waals surface area contributed by atoms with Crippen LogP contribution >= 0.6 is 0 Å². The van der Waals surface area contributed by atoms with E-state index in [2.05, 4.69) is 28.8 Å². The molecule has 3 fully saturated rings. The first kappa shape index (κ1) is 32.4. The number of halogens is 1. The van der Waals surface area contributed by atoms with Gasteiger partial charge in [-0.3, -0.25) is 14.5 Å². The maximum absolute atomic E-state index is 15.3. The number of carbonyl (C=O) groups excluding carboxylic acids is 2. The summed E-state index contributed by atoms with van der Waals surface area (Å²) in [7, 11) is 0.767. The Balaban J connectivity index is 1.36. The summed E-state index contributed by atoms with van der Waals surface area (Å²) in [5.74, 6) is -0.172. The molecule has 3 atom stereocenters. The Morgan fingerprint density at radius 2 is 1.84 bits per heavy atom. The molecule has 2 aliphatic carbocycles. The van der Waals surface area contributed by atoms with Crippen molar-refractivity contribution >= 4 is 22.0 Å². The van der Waals surface area contributed by atoms with Crippen molar-refractivity contribution in [1.29, 1.82) is 0 Å². The molecule has 44 heavy (non-hydrogen) atoms. The number of likely N-dealkylation sites (N-methyl/N-ethyl adjacent to an activating group) is 1. The van der Waals surface area contributed by atoms with Crippen LogP contribution in [0.3, 0.4) is 0 Å². The van der Waals surface area contributed by atoms with Crippen molar-refractivity contribution in [2.45, 2.75) is 89.3 Å². The van der Waals surface area contributed by atoms with Gasteiger partial charge in [-0.05, 0) is 85.4 Å². The zero-order valence-corrected chi connectivity index (χ0v) is 27.2. The molecule has 9 nitrogen and oxygen atoms in total. The Labute approximate surface area is 260 Å². The standard InChI is InChI=1S/C33H45FN4O5S/c1-33(2)19-28(38(5)20-33)32(40)35-23-13-14-24(18-23)43-29-15-12-21(17-30(39)36-44(41,42)37(3)4)16-26(29)25-10-7-11-27(34)31(25)22-8-6-9-22/h7,10-12,15-16,22-24,28H,6,8-9,13-14,17-20H2,1-5H3,(H,35,40)(H,36,39)/t23-,24-,28+/m1/s1. The molecule has 2 saturated carbocycles. The van der Waals surface area contributed by atoms with Crippen LogP contribution in [0, 0.1) is 11.2 Å². The molecule has 2 N–H and O–H groups in total. The Bertz CT molecular complexity index is 1510. The minimum absolute atomic E-state index is 0.00869. The van der Waals surface area contributed by atoms with Gasteiger partial charge in [-0.15, -0.1) is 0 Å². The van der Waals surface area contributed by atoms with E-state index in [0.29, 0.717) is 28.9 Å². The highest BCUT2D eigenvalue weighted by Gasteiger charge is 2.40. The van der Waals surface area contributed by atoms with Gasteiger partial charge in [-0.2, -0.15) is 12.7 Å². The van der Waals surface area contributed by atoms with Crippen LogP contribution in [-0.4, -0.2) is 75.3 Å². The number of amides is 2. The normalized spacial score (nSPS) is 23.8. The van der Waals surface area contributed by atoms with Gasteiger partial charge >= 0.3 is 10.2 Å². The van der Waals surface area contributed by atoms with Gasteiger partial charge in [0.15, 0.2) is 0 Å². The fourth-order valence-electron chi connectivity index (χ4n) is 6.82. The Morgan fingerprint density at radius 1 is 1.09 bits per heavy atom. The smallest absolute Gasteiger partial charge is 0.303 e. The SMILES string of the molecule is CN1CC(C)(C)C[C@H]1C(=O)N[C@@H]1CC[C@@H](Oc2ccc(CC(=O)NS(=O)(=O)N(C)C)cc2-c2cccc(F)c2C2CCC2)C1. The lowest BCUT2D eigenvalue weighted by Gasteiger charge is -2.29. The minimum Gasteiger partial charge on any atom is -0.490 e. The number of ether oxygens (including phenoxy) is 1. The largest absolute Gasteiger partial charge is 0.490 e.